The summed E-state index contributed by atoms with van der Waals surface area (Å²) in [5, 5.41) is 3.67. The van der Waals surface area contributed by atoms with Gasteiger partial charge in [-0.2, -0.15) is 0 Å². The minimum absolute atomic E-state index is 0.262. The second-order valence-electron chi connectivity index (χ2n) is 3.67. The van der Waals surface area contributed by atoms with Gasteiger partial charge in [-0.05, 0) is 6.42 Å². The minimum atomic E-state index is 0.262. The number of nitrogens with one attached hydrogen (secondary N) is 1. The Kier molecular flexibility index (Phi) is 6.11. The van der Waals surface area contributed by atoms with E-state index in [2.05, 4.69) is 22.2 Å². The Morgan fingerprint density at radius 2 is 2.31 bits per heavy atom. The molecule has 0 aromatic carbocycles. The van der Waals surface area contributed by atoms with Crippen molar-refractivity contribution in [2.45, 2.75) is 32.2 Å². The minimum Gasteiger partial charge on any atom is -0.383 e. The predicted octanol–water partition coefficient (Wildman–Crippen LogP) is 2.75. The second-order valence-corrected chi connectivity index (χ2v) is 4.05. The lowest BCUT2D eigenvalue weighted by Crippen LogP contribution is -2.25. The van der Waals surface area contributed by atoms with Crippen LogP contribution >= 0.6 is 11.6 Å². The van der Waals surface area contributed by atoms with E-state index in [9.17, 15) is 0 Å². The van der Waals surface area contributed by atoms with Gasteiger partial charge in [0.25, 0.3) is 0 Å². The number of nitrogens with zero attached hydrogens (tertiary/aromatic N) is 2. The number of ether oxygens (including phenoxy) is 1. The molecule has 1 N–H and O–H groups in total. The smallest absolute Gasteiger partial charge is 0.149 e. The zero-order chi connectivity index (χ0) is 11.8. The fourth-order valence-corrected chi connectivity index (χ4v) is 1.62. The van der Waals surface area contributed by atoms with Crippen molar-refractivity contribution in [3.63, 3.8) is 0 Å². The van der Waals surface area contributed by atoms with E-state index in [0.29, 0.717) is 17.6 Å². The van der Waals surface area contributed by atoms with E-state index in [1.807, 2.05) is 0 Å². The zero-order valence-corrected chi connectivity index (χ0v) is 10.5. The third kappa shape index (κ3) is 4.77. The van der Waals surface area contributed by atoms with E-state index < -0.39 is 0 Å². The highest BCUT2D eigenvalue weighted by molar-refractivity contribution is 6.29. The summed E-state index contributed by atoms with van der Waals surface area (Å²) in [6, 6.07) is 0.262. The molecule has 16 heavy (non-hydrogen) atoms. The molecule has 1 unspecified atom stereocenters. The summed E-state index contributed by atoms with van der Waals surface area (Å²) < 4.78 is 5.16. The molecule has 90 valence electrons. The van der Waals surface area contributed by atoms with Crippen LogP contribution in [-0.2, 0) is 4.74 Å². The quantitative estimate of drug-likeness (QED) is 0.800. The van der Waals surface area contributed by atoms with Crippen molar-refractivity contribution in [2.24, 2.45) is 0 Å². The molecule has 0 saturated heterocycles. The van der Waals surface area contributed by atoms with Gasteiger partial charge in [0.05, 0.1) is 25.0 Å². The SMILES string of the molecule is CCCCC(COC)Nc1cncc(Cl)n1. The molecule has 0 radical (unpaired) electrons. The molecule has 0 amide bonds. The van der Waals surface area contributed by atoms with Crippen LogP contribution in [0.1, 0.15) is 26.2 Å². The monoisotopic (exact) mass is 243 g/mol. The molecule has 0 aliphatic carbocycles. The van der Waals surface area contributed by atoms with Crippen LogP contribution in [0.15, 0.2) is 12.4 Å². The lowest BCUT2D eigenvalue weighted by Gasteiger charge is -2.17. The van der Waals surface area contributed by atoms with Gasteiger partial charge in [0.1, 0.15) is 11.0 Å². The average Bonchev–Trinajstić information content (AvgIpc) is 2.26. The molecule has 1 heterocycles. The molecule has 5 heteroatoms. The maximum Gasteiger partial charge on any atom is 0.149 e. The highest BCUT2D eigenvalue weighted by atomic mass is 35.5. The Morgan fingerprint density at radius 3 is 2.94 bits per heavy atom. The lowest BCUT2D eigenvalue weighted by atomic mass is 10.1. The number of unbranched alkanes of at least 4 members (excludes halogenated alkanes) is 1. The highest BCUT2D eigenvalue weighted by Gasteiger charge is 2.08. The van der Waals surface area contributed by atoms with E-state index in [0.717, 1.165) is 12.8 Å². The maximum absolute atomic E-state index is 5.76. The van der Waals surface area contributed by atoms with Gasteiger partial charge in [-0.3, -0.25) is 4.98 Å². The van der Waals surface area contributed by atoms with Crippen molar-refractivity contribution in [1.82, 2.24) is 9.97 Å². The van der Waals surface area contributed by atoms with Crippen LogP contribution in [0.2, 0.25) is 5.15 Å². The van der Waals surface area contributed by atoms with Gasteiger partial charge in [-0.15, -0.1) is 0 Å². The number of anilines is 1. The van der Waals surface area contributed by atoms with Crippen molar-refractivity contribution < 1.29 is 4.74 Å². The van der Waals surface area contributed by atoms with Crippen LogP contribution in [0.5, 0.6) is 0 Å². The molecular formula is C11H18ClN3O. The van der Waals surface area contributed by atoms with Crippen molar-refractivity contribution >= 4 is 17.4 Å². The third-order valence-electron chi connectivity index (χ3n) is 2.23. The summed E-state index contributed by atoms with van der Waals surface area (Å²) in [4.78, 5) is 8.12. The molecular weight excluding hydrogens is 226 g/mol. The summed E-state index contributed by atoms with van der Waals surface area (Å²) in [6.07, 6.45) is 6.57. The number of halogens is 1. The fourth-order valence-electron chi connectivity index (χ4n) is 1.47. The van der Waals surface area contributed by atoms with Crippen LogP contribution < -0.4 is 5.32 Å². The first-order valence-electron chi connectivity index (χ1n) is 5.49. The number of rotatable bonds is 7. The van der Waals surface area contributed by atoms with Gasteiger partial charge in [0.2, 0.25) is 0 Å². The first-order chi connectivity index (χ1) is 7.76. The first kappa shape index (κ1) is 13.2. The van der Waals surface area contributed by atoms with E-state index in [-0.39, 0.29) is 6.04 Å². The van der Waals surface area contributed by atoms with E-state index in [1.165, 1.54) is 12.6 Å². The molecule has 1 atom stereocenters. The van der Waals surface area contributed by atoms with Crippen LogP contribution in [0.25, 0.3) is 0 Å². The van der Waals surface area contributed by atoms with Gasteiger partial charge in [0, 0.05) is 7.11 Å². The first-order valence-corrected chi connectivity index (χ1v) is 5.87. The van der Waals surface area contributed by atoms with Crippen molar-refractivity contribution in [3.8, 4) is 0 Å². The normalized spacial score (nSPS) is 12.4. The molecule has 1 aromatic rings. The van der Waals surface area contributed by atoms with E-state index in [4.69, 9.17) is 16.3 Å². The zero-order valence-electron chi connectivity index (χ0n) is 9.74. The van der Waals surface area contributed by atoms with Gasteiger partial charge >= 0.3 is 0 Å². The summed E-state index contributed by atoms with van der Waals surface area (Å²) in [5.74, 6) is 0.700. The summed E-state index contributed by atoms with van der Waals surface area (Å²) in [6.45, 7) is 2.83. The van der Waals surface area contributed by atoms with E-state index >= 15 is 0 Å². The number of aromatic nitrogens is 2. The lowest BCUT2D eigenvalue weighted by molar-refractivity contribution is 0.182. The van der Waals surface area contributed by atoms with Crippen molar-refractivity contribution in [2.75, 3.05) is 19.0 Å². The van der Waals surface area contributed by atoms with Gasteiger partial charge in [-0.25, -0.2) is 4.98 Å². The Hall–Kier alpha value is -0.870. The molecule has 0 spiro atoms. The molecule has 0 fully saturated rings. The Labute approximate surface area is 101 Å². The van der Waals surface area contributed by atoms with Crippen LogP contribution in [-0.4, -0.2) is 29.7 Å². The summed E-state index contributed by atoms with van der Waals surface area (Å²) in [7, 11) is 1.70. The maximum atomic E-state index is 5.76. The number of hydrogen-bond acceptors (Lipinski definition) is 4. The standard InChI is InChI=1S/C11H18ClN3O/c1-3-4-5-9(8-16-2)14-11-7-13-6-10(12)15-11/h6-7,9H,3-5,8H2,1-2H3,(H,14,15). The Balaban J connectivity index is 2.52. The molecule has 0 aliphatic heterocycles. The van der Waals surface area contributed by atoms with Gasteiger partial charge in [0.15, 0.2) is 0 Å². The average molecular weight is 244 g/mol. The second kappa shape index (κ2) is 7.41. The van der Waals surface area contributed by atoms with Gasteiger partial charge in [-0.1, -0.05) is 31.4 Å². The molecule has 0 bridgehead atoms. The molecule has 0 aliphatic rings. The van der Waals surface area contributed by atoms with E-state index in [1.54, 1.807) is 13.3 Å². The topological polar surface area (TPSA) is 47.0 Å². The molecule has 4 nitrogen and oxygen atoms in total. The fraction of sp³-hybridized carbons (Fsp3) is 0.636. The molecule has 1 rings (SSSR count). The Morgan fingerprint density at radius 1 is 1.50 bits per heavy atom. The number of methoxy groups -OCH3 is 1. The largest absolute Gasteiger partial charge is 0.383 e. The molecule has 0 saturated carbocycles. The van der Waals surface area contributed by atoms with Gasteiger partial charge < -0.3 is 10.1 Å². The summed E-state index contributed by atoms with van der Waals surface area (Å²) >= 11 is 5.76. The summed E-state index contributed by atoms with van der Waals surface area (Å²) in [5.41, 5.74) is 0. The Bertz CT molecular complexity index is 309. The van der Waals surface area contributed by atoms with Crippen LogP contribution in [0.3, 0.4) is 0 Å². The third-order valence-corrected chi connectivity index (χ3v) is 2.41. The van der Waals surface area contributed by atoms with Crippen LogP contribution in [0.4, 0.5) is 5.82 Å². The number of hydrogen-bond donors (Lipinski definition) is 1. The van der Waals surface area contributed by atoms with Crippen molar-refractivity contribution in [3.05, 3.63) is 17.5 Å². The van der Waals surface area contributed by atoms with Crippen molar-refractivity contribution in [1.29, 1.82) is 0 Å². The highest BCUT2D eigenvalue weighted by Crippen LogP contribution is 2.11. The predicted molar refractivity (Wildman–Crippen MR) is 65.9 cm³/mol. The molecule has 1 aromatic heterocycles. The van der Waals surface area contributed by atoms with Crippen LogP contribution in [0, 0.1) is 0 Å².